The second-order valence-electron chi connectivity index (χ2n) is 4.81. The lowest BCUT2D eigenvalue weighted by atomic mass is 10.1. The number of piperidine rings is 1. The SMILES string of the molecule is CN1C[C@H](NC(=O)[C@@H]2C[C@@H]2C(=O)O)CCC1=O. The molecule has 2 aliphatic rings. The van der Waals surface area contributed by atoms with Crippen LogP contribution in [0.4, 0.5) is 0 Å². The summed E-state index contributed by atoms with van der Waals surface area (Å²) in [4.78, 5) is 35.2. The molecule has 0 aromatic rings. The Hall–Kier alpha value is -1.59. The second-order valence-corrected chi connectivity index (χ2v) is 4.81. The maximum Gasteiger partial charge on any atom is 0.307 e. The maximum atomic E-state index is 11.7. The van der Waals surface area contributed by atoms with Crippen LogP contribution in [0.3, 0.4) is 0 Å². The summed E-state index contributed by atoms with van der Waals surface area (Å²) in [6, 6.07) is -0.0414. The van der Waals surface area contributed by atoms with Crippen molar-refractivity contribution in [1.82, 2.24) is 10.2 Å². The molecule has 1 heterocycles. The molecule has 0 aromatic heterocycles. The first kappa shape index (κ1) is 11.9. The Morgan fingerprint density at radius 3 is 2.65 bits per heavy atom. The highest BCUT2D eigenvalue weighted by atomic mass is 16.4. The van der Waals surface area contributed by atoms with Crippen LogP contribution < -0.4 is 5.32 Å². The number of hydrogen-bond donors (Lipinski definition) is 2. The molecule has 2 rings (SSSR count). The van der Waals surface area contributed by atoms with Crippen LogP contribution in [0.5, 0.6) is 0 Å². The molecule has 0 radical (unpaired) electrons. The first-order chi connectivity index (χ1) is 7.99. The van der Waals surface area contributed by atoms with Gasteiger partial charge in [0.2, 0.25) is 11.8 Å². The van der Waals surface area contributed by atoms with Crippen LogP contribution >= 0.6 is 0 Å². The zero-order valence-corrected chi connectivity index (χ0v) is 9.68. The van der Waals surface area contributed by atoms with Crippen molar-refractivity contribution in [2.75, 3.05) is 13.6 Å². The van der Waals surface area contributed by atoms with Crippen molar-refractivity contribution >= 4 is 17.8 Å². The predicted octanol–water partition coefficient (Wildman–Crippen LogP) is -0.556. The van der Waals surface area contributed by atoms with Crippen molar-refractivity contribution in [1.29, 1.82) is 0 Å². The van der Waals surface area contributed by atoms with E-state index in [1.165, 1.54) is 0 Å². The summed E-state index contributed by atoms with van der Waals surface area (Å²) in [7, 11) is 1.71. The number of aliphatic carboxylic acids is 1. The number of amides is 2. The Morgan fingerprint density at radius 1 is 1.41 bits per heavy atom. The van der Waals surface area contributed by atoms with Crippen molar-refractivity contribution in [2.45, 2.75) is 25.3 Å². The number of likely N-dealkylation sites (N-methyl/N-ethyl adjacent to an activating group) is 1. The highest BCUT2D eigenvalue weighted by Crippen LogP contribution is 2.38. The summed E-state index contributed by atoms with van der Waals surface area (Å²) >= 11 is 0. The standard InChI is InChI=1S/C11H16N2O4/c1-13-5-6(2-3-9(13)14)12-10(15)7-4-8(7)11(16)17/h6-8H,2-5H2,1H3,(H,12,15)(H,16,17)/t6-,7-,8+/m1/s1. The van der Waals surface area contributed by atoms with Gasteiger partial charge in [-0.2, -0.15) is 0 Å². The molecule has 1 aliphatic heterocycles. The molecular formula is C11H16N2O4. The van der Waals surface area contributed by atoms with E-state index in [0.29, 0.717) is 25.8 Å². The second kappa shape index (κ2) is 4.35. The number of rotatable bonds is 3. The van der Waals surface area contributed by atoms with Crippen LogP contribution in [-0.2, 0) is 14.4 Å². The van der Waals surface area contributed by atoms with E-state index < -0.39 is 11.9 Å². The third-order valence-electron chi connectivity index (χ3n) is 3.42. The molecule has 0 spiro atoms. The summed E-state index contributed by atoms with van der Waals surface area (Å²) in [5.74, 6) is -1.90. The van der Waals surface area contributed by atoms with Gasteiger partial charge < -0.3 is 15.3 Å². The highest BCUT2D eigenvalue weighted by molar-refractivity contribution is 5.89. The van der Waals surface area contributed by atoms with Crippen LogP contribution in [-0.4, -0.2) is 47.4 Å². The van der Waals surface area contributed by atoms with Gasteiger partial charge in [0.05, 0.1) is 11.8 Å². The van der Waals surface area contributed by atoms with Crippen molar-refractivity contribution in [3.63, 3.8) is 0 Å². The highest BCUT2D eigenvalue weighted by Gasteiger charge is 2.48. The van der Waals surface area contributed by atoms with Crippen molar-refractivity contribution in [3.05, 3.63) is 0 Å². The van der Waals surface area contributed by atoms with E-state index in [4.69, 9.17) is 5.11 Å². The first-order valence-corrected chi connectivity index (χ1v) is 5.76. The van der Waals surface area contributed by atoms with E-state index in [0.717, 1.165) is 0 Å². The molecule has 17 heavy (non-hydrogen) atoms. The minimum atomic E-state index is -0.902. The fraction of sp³-hybridized carbons (Fsp3) is 0.727. The summed E-state index contributed by atoms with van der Waals surface area (Å²) in [5, 5.41) is 11.5. The monoisotopic (exact) mass is 240 g/mol. The lowest BCUT2D eigenvalue weighted by molar-refractivity contribution is -0.140. The molecule has 94 valence electrons. The Balaban J connectivity index is 1.80. The van der Waals surface area contributed by atoms with Gasteiger partial charge in [0.1, 0.15) is 0 Å². The average Bonchev–Trinajstić information content (AvgIpc) is 3.03. The number of carbonyl (C=O) groups is 3. The number of hydrogen-bond acceptors (Lipinski definition) is 3. The van der Waals surface area contributed by atoms with Crippen LogP contribution in [0.25, 0.3) is 0 Å². The third kappa shape index (κ3) is 2.57. The molecule has 1 saturated heterocycles. The van der Waals surface area contributed by atoms with Crippen molar-refractivity contribution in [3.8, 4) is 0 Å². The zero-order chi connectivity index (χ0) is 12.6. The van der Waals surface area contributed by atoms with Gasteiger partial charge in [-0.3, -0.25) is 14.4 Å². The quantitative estimate of drug-likeness (QED) is 0.692. The normalized spacial score (nSPS) is 32.2. The summed E-state index contributed by atoms with van der Waals surface area (Å²) in [6.45, 7) is 0.509. The first-order valence-electron chi connectivity index (χ1n) is 5.76. The third-order valence-corrected chi connectivity index (χ3v) is 3.42. The number of nitrogens with one attached hydrogen (secondary N) is 1. The molecule has 6 nitrogen and oxygen atoms in total. The van der Waals surface area contributed by atoms with Gasteiger partial charge in [-0.05, 0) is 12.8 Å². The summed E-state index contributed by atoms with van der Waals surface area (Å²) in [6.07, 6.45) is 1.51. The van der Waals surface area contributed by atoms with Gasteiger partial charge >= 0.3 is 5.97 Å². The summed E-state index contributed by atoms with van der Waals surface area (Å²) in [5.41, 5.74) is 0. The molecule has 0 bridgehead atoms. The zero-order valence-electron chi connectivity index (χ0n) is 9.68. The van der Waals surface area contributed by atoms with E-state index in [-0.39, 0.29) is 23.8 Å². The van der Waals surface area contributed by atoms with Crippen LogP contribution in [0.2, 0.25) is 0 Å². The van der Waals surface area contributed by atoms with Crippen LogP contribution in [0.1, 0.15) is 19.3 Å². The molecule has 2 amide bonds. The van der Waals surface area contributed by atoms with E-state index >= 15 is 0 Å². The number of likely N-dealkylation sites (tertiary alicyclic amines) is 1. The lowest BCUT2D eigenvalue weighted by Crippen LogP contribution is -2.49. The molecule has 1 saturated carbocycles. The Labute approximate surface area is 99.0 Å². The smallest absolute Gasteiger partial charge is 0.307 e. The Kier molecular flexibility index (Phi) is 3.04. The van der Waals surface area contributed by atoms with Gasteiger partial charge in [0, 0.05) is 26.1 Å². The maximum absolute atomic E-state index is 11.7. The molecule has 2 fully saturated rings. The molecular weight excluding hydrogens is 224 g/mol. The van der Waals surface area contributed by atoms with Gasteiger partial charge in [-0.15, -0.1) is 0 Å². The van der Waals surface area contributed by atoms with Crippen LogP contribution in [0, 0.1) is 11.8 Å². The predicted molar refractivity (Wildman–Crippen MR) is 58.0 cm³/mol. The Morgan fingerprint density at radius 2 is 2.12 bits per heavy atom. The minimum absolute atomic E-state index is 0.0414. The van der Waals surface area contributed by atoms with Crippen molar-refractivity contribution in [2.24, 2.45) is 11.8 Å². The molecule has 3 atom stereocenters. The van der Waals surface area contributed by atoms with E-state index in [9.17, 15) is 14.4 Å². The molecule has 6 heteroatoms. The van der Waals surface area contributed by atoms with E-state index in [1.54, 1.807) is 11.9 Å². The van der Waals surface area contributed by atoms with E-state index in [2.05, 4.69) is 5.32 Å². The molecule has 1 aliphatic carbocycles. The number of carboxylic acid groups (broad SMARTS) is 1. The fourth-order valence-electron chi connectivity index (χ4n) is 2.20. The van der Waals surface area contributed by atoms with E-state index in [1.807, 2.05) is 0 Å². The topological polar surface area (TPSA) is 86.7 Å². The van der Waals surface area contributed by atoms with Gasteiger partial charge in [-0.25, -0.2) is 0 Å². The number of carbonyl (C=O) groups excluding carboxylic acids is 2. The summed E-state index contributed by atoms with van der Waals surface area (Å²) < 4.78 is 0. The molecule has 0 aromatic carbocycles. The average molecular weight is 240 g/mol. The molecule has 2 N–H and O–H groups in total. The fourth-order valence-corrected chi connectivity index (χ4v) is 2.20. The number of carboxylic acids is 1. The minimum Gasteiger partial charge on any atom is -0.481 e. The van der Waals surface area contributed by atoms with Gasteiger partial charge in [0.25, 0.3) is 0 Å². The lowest BCUT2D eigenvalue weighted by Gasteiger charge is -2.30. The molecule has 0 unspecified atom stereocenters. The van der Waals surface area contributed by atoms with Crippen molar-refractivity contribution < 1.29 is 19.5 Å². The number of nitrogens with zero attached hydrogens (tertiary/aromatic N) is 1. The Bertz CT molecular complexity index is 368. The van der Waals surface area contributed by atoms with Crippen LogP contribution in [0.15, 0.2) is 0 Å². The van der Waals surface area contributed by atoms with Gasteiger partial charge in [0.15, 0.2) is 0 Å². The largest absolute Gasteiger partial charge is 0.481 e. The van der Waals surface area contributed by atoms with Gasteiger partial charge in [-0.1, -0.05) is 0 Å².